The van der Waals surface area contributed by atoms with Crippen LogP contribution >= 0.6 is 0 Å². The Morgan fingerprint density at radius 1 is 1.43 bits per heavy atom. The van der Waals surface area contributed by atoms with Crippen molar-refractivity contribution in [2.75, 3.05) is 12.4 Å². The summed E-state index contributed by atoms with van der Waals surface area (Å²) in [6.07, 6.45) is 1.65. The van der Waals surface area contributed by atoms with Crippen LogP contribution < -0.4 is 5.32 Å². The fraction of sp³-hybridized carbons (Fsp3) is 0.167. The van der Waals surface area contributed by atoms with Crippen molar-refractivity contribution in [1.29, 1.82) is 0 Å². The van der Waals surface area contributed by atoms with Gasteiger partial charge < -0.3 is 10.4 Å². The Bertz CT molecular complexity index is 366. The molecule has 1 aromatic carbocycles. The molecule has 0 unspecified atom stereocenters. The number of aliphatic hydroxyl groups excluding tert-OH is 1. The SMILES string of the molecule is C=C(C)/C=C(\O)c1ccccc1NC. The summed E-state index contributed by atoms with van der Waals surface area (Å²) in [6, 6.07) is 7.58. The fourth-order valence-corrected chi connectivity index (χ4v) is 1.24. The van der Waals surface area contributed by atoms with Gasteiger partial charge in [0.05, 0.1) is 0 Å². The summed E-state index contributed by atoms with van der Waals surface area (Å²) in [4.78, 5) is 0. The Morgan fingerprint density at radius 3 is 2.64 bits per heavy atom. The maximum atomic E-state index is 9.76. The average molecular weight is 189 g/mol. The van der Waals surface area contributed by atoms with Crippen molar-refractivity contribution < 1.29 is 5.11 Å². The second-order valence-corrected chi connectivity index (χ2v) is 3.17. The van der Waals surface area contributed by atoms with Crippen LogP contribution in [0.2, 0.25) is 0 Å². The molecule has 1 rings (SSSR count). The van der Waals surface area contributed by atoms with Crippen LogP contribution in [-0.4, -0.2) is 12.2 Å². The Hall–Kier alpha value is -1.70. The van der Waals surface area contributed by atoms with Crippen LogP contribution in [0.4, 0.5) is 5.69 Å². The molecule has 0 bridgehead atoms. The number of anilines is 1. The van der Waals surface area contributed by atoms with E-state index >= 15 is 0 Å². The lowest BCUT2D eigenvalue weighted by atomic mass is 10.1. The minimum absolute atomic E-state index is 0.238. The lowest BCUT2D eigenvalue weighted by molar-refractivity contribution is 0.512. The van der Waals surface area contributed by atoms with Crippen LogP contribution in [0, 0.1) is 0 Å². The van der Waals surface area contributed by atoms with Crippen molar-refractivity contribution in [2.45, 2.75) is 6.92 Å². The van der Waals surface area contributed by atoms with Crippen LogP contribution in [0.1, 0.15) is 12.5 Å². The molecular weight excluding hydrogens is 174 g/mol. The molecule has 0 aromatic heterocycles. The van der Waals surface area contributed by atoms with E-state index in [0.717, 1.165) is 16.8 Å². The minimum atomic E-state index is 0.238. The van der Waals surface area contributed by atoms with E-state index in [2.05, 4.69) is 11.9 Å². The van der Waals surface area contributed by atoms with E-state index in [1.807, 2.05) is 38.2 Å². The smallest absolute Gasteiger partial charge is 0.125 e. The van der Waals surface area contributed by atoms with Gasteiger partial charge in [-0.25, -0.2) is 0 Å². The van der Waals surface area contributed by atoms with Crippen LogP contribution in [0.5, 0.6) is 0 Å². The summed E-state index contributed by atoms with van der Waals surface area (Å²) in [5.74, 6) is 0.238. The van der Waals surface area contributed by atoms with Crippen LogP contribution in [0.3, 0.4) is 0 Å². The topological polar surface area (TPSA) is 32.3 Å². The fourth-order valence-electron chi connectivity index (χ4n) is 1.24. The number of allylic oxidation sites excluding steroid dienone is 2. The first-order valence-electron chi connectivity index (χ1n) is 4.48. The standard InChI is InChI=1S/C12H15NO/c1-9(2)8-12(14)10-6-4-5-7-11(10)13-3/h4-8,13-14H,1H2,2-3H3/b12-8-. The number of benzene rings is 1. The Labute approximate surface area is 84.6 Å². The molecule has 0 fully saturated rings. The summed E-state index contributed by atoms with van der Waals surface area (Å²) in [7, 11) is 1.83. The molecule has 0 radical (unpaired) electrons. The minimum Gasteiger partial charge on any atom is -0.507 e. The molecule has 0 atom stereocenters. The molecule has 1 aromatic rings. The third-order valence-electron chi connectivity index (χ3n) is 1.86. The van der Waals surface area contributed by atoms with Gasteiger partial charge in [-0.3, -0.25) is 0 Å². The van der Waals surface area contributed by atoms with Crippen molar-refractivity contribution in [2.24, 2.45) is 0 Å². The molecule has 0 spiro atoms. The summed E-state index contributed by atoms with van der Waals surface area (Å²) in [5.41, 5.74) is 2.52. The van der Waals surface area contributed by atoms with Gasteiger partial charge in [-0.15, -0.1) is 0 Å². The number of hydrogen-bond acceptors (Lipinski definition) is 2. The zero-order valence-corrected chi connectivity index (χ0v) is 8.54. The molecule has 0 saturated heterocycles. The van der Waals surface area contributed by atoms with Crippen molar-refractivity contribution >= 4 is 11.4 Å². The highest BCUT2D eigenvalue weighted by molar-refractivity contribution is 5.72. The summed E-state index contributed by atoms with van der Waals surface area (Å²) in [5, 5.41) is 12.8. The molecular formula is C12H15NO. The van der Waals surface area contributed by atoms with E-state index < -0.39 is 0 Å². The van der Waals surface area contributed by atoms with Crippen LogP contribution in [0.25, 0.3) is 5.76 Å². The lowest BCUT2D eigenvalue weighted by Gasteiger charge is -2.07. The van der Waals surface area contributed by atoms with E-state index in [0.29, 0.717) is 0 Å². The zero-order valence-electron chi connectivity index (χ0n) is 8.54. The van der Waals surface area contributed by atoms with Gasteiger partial charge >= 0.3 is 0 Å². The lowest BCUT2D eigenvalue weighted by Crippen LogP contribution is -1.94. The number of para-hydroxylation sites is 1. The number of nitrogens with one attached hydrogen (secondary N) is 1. The first kappa shape index (κ1) is 10.4. The highest BCUT2D eigenvalue weighted by atomic mass is 16.3. The maximum Gasteiger partial charge on any atom is 0.125 e. The second kappa shape index (κ2) is 4.51. The highest BCUT2D eigenvalue weighted by Gasteiger charge is 2.03. The van der Waals surface area contributed by atoms with Crippen molar-refractivity contribution in [1.82, 2.24) is 0 Å². The first-order chi connectivity index (χ1) is 6.65. The largest absolute Gasteiger partial charge is 0.507 e. The molecule has 0 amide bonds. The van der Waals surface area contributed by atoms with Gasteiger partial charge in [0.15, 0.2) is 0 Å². The van der Waals surface area contributed by atoms with Crippen molar-refractivity contribution in [3.05, 3.63) is 48.1 Å². The van der Waals surface area contributed by atoms with Gasteiger partial charge in [-0.1, -0.05) is 24.3 Å². The molecule has 14 heavy (non-hydrogen) atoms. The molecule has 2 nitrogen and oxygen atoms in total. The molecule has 2 N–H and O–H groups in total. The van der Waals surface area contributed by atoms with Crippen molar-refractivity contribution in [3.8, 4) is 0 Å². The van der Waals surface area contributed by atoms with Crippen LogP contribution in [-0.2, 0) is 0 Å². The second-order valence-electron chi connectivity index (χ2n) is 3.17. The maximum absolute atomic E-state index is 9.76. The van der Waals surface area contributed by atoms with E-state index in [1.54, 1.807) is 6.08 Å². The van der Waals surface area contributed by atoms with Crippen LogP contribution in [0.15, 0.2) is 42.5 Å². The number of hydrogen-bond donors (Lipinski definition) is 2. The molecule has 0 aliphatic heterocycles. The molecule has 74 valence electrons. The van der Waals surface area contributed by atoms with Crippen molar-refractivity contribution in [3.63, 3.8) is 0 Å². The van der Waals surface area contributed by atoms with Gasteiger partial charge in [0.2, 0.25) is 0 Å². The van der Waals surface area contributed by atoms with Gasteiger partial charge in [-0.2, -0.15) is 0 Å². The zero-order chi connectivity index (χ0) is 10.6. The molecule has 0 aliphatic carbocycles. The van der Waals surface area contributed by atoms with Gasteiger partial charge in [0.25, 0.3) is 0 Å². The summed E-state index contributed by atoms with van der Waals surface area (Å²) >= 11 is 0. The predicted octanol–water partition coefficient (Wildman–Crippen LogP) is 3.20. The summed E-state index contributed by atoms with van der Waals surface area (Å²) < 4.78 is 0. The van der Waals surface area contributed by atoms with E-state index in [-0.39, 0.29) is 5.76 Å². The van der Waals surface area contributed by atoms with E-state index in [1.165, 1.54) is 0 Å². The number of aliphatic hydroxyl groups is 1. The quantitative estimate of drug-likeness (QED) is 0.565. The molecule has 2 heteroatoms. The van der Waals surface area contributed by atoms with Gasteiger partial charge in [-0.05, 0) is 25.1 Å². The third-order valence-corrected chi connectivity index (χ3v) is 1.86. The first-order valence-corrected chi connectivity index (χ1v) is 4.48. The van der Waals surface area contributed by atoms with Gasteiger partial charge in [0.1, 0.15) is 5.76 Å². The highest BCUT2D eigenvalue weighted by Crippen LogP contribution is 2.21. The monoisotopic (exact) mass is 189 g/mol. The average Bonchev–Trinajstić information content (AvgIpc) is 2.16. The van der Waals surface area contributed by atoms with Gasteiger partial charge in [0, 0.05) is 18.3 Å². The molecule has 0 saturated carbocycles. The van der Waals surface area contributed by atoms with E-state index in [4.69, 9.17) is 0 Å². The Balaban J connectivity index is 3.11. The molecule has 0 heterocycles. The normalized spacial score (nSPS) is 11.1. The summed E-state index contributed by atoms with van der Waals surface area (Å²) in [6.45, 7) is 5.56. The third kappa shape index (κ3) is 2.39. The Kier molecular flexibility index (Phi) is 3.35. The van der Waals surface area contributed by atoms with E-state index in [9.17, 15) is 5.11 Å². The molecule has 0 aliphatic rings. The Morgan fingerprint density at radius 2 is 2.07 bits per heavy atom. The predicted molar refractivity (Wildman–Crippen MR) is 61.4 cm³/mol. The number of rotatable bonds is 3.